The van der Waals surface area contributed by atoms with Crippen molar-refractivity contribution >= 4 is 38.9 Å². The number of carbonyl (C=O) groups is 1. The maximum atomic E-state index is 11.3. The first-order chi connectivity index (χ1) is 8.70. The molecule has 0 saturated heterocycles. The van der Waals surface area contributed by atoms with Crippen molar-refractivity contribution in [1.82, 2.24) is 4.98 Å². The van der Waals surface area contributed by atoms with Gasteiger partial charge in [-0.3, -0.25) is 5.43 Å². The van der Waals surface area contributed by atoms with Crippen molar-refractivity contribution in [3.63, 3.8) is 0 Å². The number of hydrazone groups is 1. The summed E-state index contributed by atoms with van der Waals surface area (Å²) in [5.41, 5.74) is 6.60. The minimum atomic E-state index is -0.417. The first-order valence-electron chi connectivity index (χ1n) is 5.51. The lowest BCUT2D eigenvalue weighted by atomic mass is 10.3. The number of esters is 1. The average Bonchev–Trinajstić information content (AvgIpc) is 2.83. The molecule has 0 saturated carbocycles. The SMILES string of the molecule is CCOC(=O)/C(C)=N\Nc1ccc2scnc2c1. The van der Waals surface area contributed by atoms with E-state index in [0.29, 0.717) is 6.61 Å². The van der Waals surface area contributed by atoms with Crippen LogP contribution in [0.3, 0.4) is 0 Å². The summed E-state index contributed by atoms with van der Waals surface area (Å²) in [7, 11) is 0. The van der Waals surface area contributed by atoms with Crippen LogP contribution < -0.4 is 5.43 Å². The Morgan fingerprint density at radius 3 is 3.17 bits per heavy atom. The summed E-state index contributed by atoms with van der Waals surface area (Å²) in [6.45, 7) is 3.71. The Kier molecular flexibility index (Phi) is 3.88. The molecule has 0 radical (unpaired) electrons. The average molecular weight is 263 g/mol. The van der Waals surface area contributed by atoms with Crippen LogP contribution in [-0.2, 0) is 9.53 Å². The van der Waals surface area contributed by atoms with E-state index in [0.717, 1.165) is 15.9 Å². The largest absolute Gasteiger partial charge is 0.461 e. The Morgan fingerprint density at radius 2 is 2.39 bits per heavy atom. The fourth-order valence-electron chi connectivity index (χ4n) is 1.36. The Hall–Kier alpha value is -1.95. The van der Waals surface area contributed by atoms with Gasteiger partial charge < -0.3 is 4.74 Å². The number of ether oxygens (including phenoxy) is 1. The number of aromatic nitrogens is 1. The van der Waals surface area contributed by atoms with Gasteiger partial charge in [0.2, 0.25) is 0 Å². The highest BCUT2D eigenvalue weighted by Gasteiger charge is 2.06. The second-order valence-corrected chi connectivity index (χ2v) is 4.45. The first-order valence-corrected chi connectivity index (χ1v) is 6.39. The maximum absolute atomic E-state index is 11.3. The van der Waals surface area contributed by atoms with Crippen LogP contribution in [0.4, 0.5) is 5.69 Å². The van der Waals surface area contributed by atoms with E-state index < -0.39 is 5.97 Å². The molecule has 0 aliphatic rings. The molecule has 1 N–H and O–H groups in total. The molecular formula is C12H13N3O2S. The van der Waals surface area contributed by atoms with Crippen LogP contribution in [0.2, 0.25) is 0 Å². The third-order valence-electron chi connectivity index (χ3n) is 2.25. The molecule has 1 aromatic heterocycles. The summed E-state index contributed by atoms with van der Waals surface area (Å²) in [5.74, 6) is -0.417. The molecule has 0 spiro atoms. The zero-order chi connectivity index (χ0) is 13.0. The van der Waals surface area contributed by atoms with E-state index in [1.54, 1.807) is 30.7 Å². The normalized spacial score (nSPS) is 11.6. The molecule has 0 fully saturated rings. The van der Waals surface area contributed by atoms with Gasteiger partial charge >= 0.3 is 5.97 Å². The molecule has 6 heteroatoms. The second kappa shape index (κ2) is 5.59. The fraction of sp³-hybridized carbons (Fsp3) is 0.250. The van der Waals surface area contributed by atoms with Gasteiger partial charge in [0, 0.05) is 0 Å². The van der Waals surface area contributed by atoms with Crippen LogP contribution in [0.25, 0.3) is 10.2 Å². The molecular weight excluding hydrogens is 250 g/mol. The zero-order valence-electron chi connectivity index (χ0n) is 10.1. The number of anilines is 1. The minimum Gasteiger partial charge on any atom is -0.461 e. The molecule has 0 unspecified atom stereocenters. The van der Waals surface area contributed by atoms with Crippen molar-refractivity contribution in [3.05, 3.63) is 23.7 Å². The summed E-state index contributed by atoms with van der Waals surface area (Å²) >= 11 is 1.58. The Morgan fingerprint density at radius 1 is 1.56 bits per heavy atom. The van der Waals surface area contributed by atoms with E-state index >= 15 is 0 Å². The van der Waals surface area contributed by atoms with Gasteiger partial charge in [-0.05, 0) is 32.0 Å². The van der Waals surface area contributed by atoms with Gasteiger partial charge in [0.25, 0.3) is 0 Å². The predicted molar refractivity (Wildman–Crippen MR) is 73.0 cm³/mol. The van der Waals surface area contributed by atoms with Crippen LogP contribution in [0.5, 0.6) is 0 Å². The highest BCUT2D eigenvalue weighted by molar-refractivity contribution is 7.16. The van der Waals surface area contributed by atoms with Crippen molar-refractivity contribution < 1.29 is 9.53 Å². The quantitative estimate of drug-likeness (QED) is 0.523. The number of carbonyl (C=O) groups excluding carboxylic acids is 1. The van der Waals surface area contributed by atoms with Crippen molar-refractivity contribution in [2.45, 2.75) is 13.8 Å². The van der Waals surface area contributed by atoms with Gasteiger partial charge in [-0.25, -0.2) is 9.78 Å². The number of thiazole rings is 1. The van der Waals surface area contributed by atoms with Crippen LogP contribution >= 0.6 is 11.3 Å². The third-order valence-corrected chi connectivity index (χ3v) is 3.06. The van der Waals surface area contributed by atoms with Gasteiger partial charge in [-0.2, -0.15) is 5.10 Å². The molecule has 0 amide bonds. The number of benzene rings is 1. The number of hydrogen-bond acceptors (Lipinski definition) is 6. The molecule has 0 aliphatic carbocycles. The van der Waals surface area contributed by atoms with E-state index in [2.05, 4.69) is 15.5 Å². The number of nitrogens with one attached hydrogen (secondary N) is 1. The topological polar surface area (TPSA) is 63.6 Å². The van der Waals surface area contributed by atoms with E-state index in [1.807, 2.05) is 18.2 Å². The van der Waals surface area contributed by atoms with Gasteiger partial charge in [0.1, 0.15) is 5.71 Å². The number of rotatable bonds is 4. The van der Waals surface area contributed by atoms with E-state index in [-0.39, 0.29) is 5.71 Å². The second-order valence-electron chi connectivity index (χ2n) is 3.56. The Labute approximate surface area is 108 Å². The highest BCUT2D eigenvalue weighted by Crippen LogP contribution is 2.21. The van der Waals surface area contributed by atoms with Crippen molar-refractivity contribution in [2.75, 3.05) is 12.0 Å². The van der Waals surface area contributed by atoms with Crippen molar-refractivity contribution in [3.8, 4) is 0 Å². The number of fused-ring (bicyclic) bond motifs is 1. The van der Waals surface area contributed by atoms with E-state index in [1.165, 1.54) is 0 Å². The number of nitrogens with zero attached hydrogens (tertiary/aromatic N) is 2. The molecule has 1 heterocycles. The van der Waals surface area contributed by atoms with Gasteiger partial charge in [0.05, 0.1) is 28.0 Å². The van der Waals surface area contributed by atoms with E-state index in [9.17, 15) is 4.79 Å². The summed E-state index contributed by atoms with van der Waals surface area (Å²) in [6.07, 6.45) is 0. The Bertz CT molecular complexity index is 592. The lowest BCUT2D eigenvalue weighted by molar-refractivity contribution is -0.135. The van der Waals surface area contributed by atoms with Crippen LogP contribution in [0.15, 0.2) is 28.8 Å². The van der Waals surface area contributed by atoms with Crippen LogP contribution in [-0.4, -0.2) is 23.3 Å². The zero-order valence-corrected chi connectivity index (χ0v) is 11.0. The summed E-state index contributed by atoms with van der Waals surface area (Å²) < 4.78 is 5.95. The first kappa shape index (κ1) is 12.5. The molecule has 0 atom stereocenters. The summed E-state index contributed by atoms with van der Waals surface area (Å²) in [4.78, 5) is 15.5. The minimum absolute atomic E-state index is 0.287. The van der Waals surface area contributed by atoms with Crippen molar-refractivity contribution in [1.29, 1.82) is 0 Å². The van der Waals surface area contributed by atoms with Crippen LogP contribution in [0, 0.1) is 0 Å². The van der Waals surface area contributed by atoms with Crippen LogP contribution in [0.1, 0.15) is 13.8 Å². The highest BCUT2D eigenvalue weighted by atomic mass is 32.1. The summed E-state index contributed by atoms with van der Waals surface area (Å²) in [5, 5.41) is 3.97. The molecule has 0 aliphatic heterocycles. The van der Waals surface area contributed by atoms with Crippen molar-refractivity contribution in [2.24, 2.45) is 5.10 Å². The lowest BCUT2D eigenvalue weighted by Gasteiger charge is -2.03. The van der Waals surface area contributed by atoms with Gasteiger partial charge in [-0.15, -0.1) is 11.3 Å². The molecule has 2 aromatic rings. The third kappa shape index (κ3) is 2.84. The Balaban J connectivity index is 2.09. The summed E-state index contributed by atoms with van der Waals surface area (Å²) in [6, 6.07) is 5.74. The molecule has 1 aromatic carbocycles. The molecule has 5 nitrogen and oxygen atoms in total. The molecule has 94 valence electrons. The standard InChI is InChI=1S/C12H13N3O2S/c1-3-17-12(16)8(2)14-15-9-4-5-11-10(6-9)13-7-18-11/h4-7,15H,3H2,1-2H3/b14-8-. The predicted octanol–water partition coefficient (Wildman–Crippen LogP) is 2.65. The monoisotopic (exact) mass is 263 g/mol. The molecule has 0 bridgehead atoms. The number of hydrogen-bond donors (Lipinski definition) is 1. The lowest BCUT2D eigenvalue weighted by Crippen LogP contribution is -2.15. The van der Waals surface area contributed by atoms with E-state index in [4.69, 9.17) is 4.74 Å². The smallest absolute Gasteiger partial charge is 0.354 e. The molecule has 2 rings (SSSR count). The van der Waals surface area contributed by atoms with Gasteiger partial charge in [0.15, 0.2) is 0 Å². The van der Waals surface area contributed by atoms with Gasteiger partial charge in [-0.1, -0.05) is 0 Å². The fourth-order valence-corrected chi connectivity index (χ4v) is 2.02. The molecule has 18 heavy (non-hydrogen) atoms. The maximum Gasteiger partial charge on any atom is 0.354 e.